The number of hydrogen-bond donors (Lipinski definition) is 0. The molecular formula is C14H13BrFN3OS2. The van der Waals surface area contributed by atoms with Crippen LogP contribution in [0.15, 0.2) is 27.0 Å². The lowest BCUT2D eigenvalue weighted by atomic mass is 10.2. The zero-order chi connectivity index (χ0) is 15.7. The van der Waals surface area contributed by atoms with E-state index < -0.39 is 0 Å². The van der Waals surface area contributed by atoms with Crippen molar-refractivity contribution in [1.82, 2.24) is 10.2 Å². The van der Waals surface area contributed by atoms with E-state index in [2.05, 4.69) is 26.1 Å². The first kappa shape index (κ1) is 15.9. The normalized spacial score (nSPS) is 14.1. The van der Waals surface area contributed by atoms with E-state index in [0.717, 1.165) is 27.2 Å². The Labute approximate surface area is 144 Å². The average Bonchev–Trinajstić information content (AvgIpc) is 3.16. The number of rotatable bonds is 5. The molecule has 1 saturated carbocycles. The number of aromatic nitrogens is 2. The van der Waals surface area contributed by atoms with Gasteiger partial charge >= 0.3 is 0 Å². The van der Waals surface area contributed by atoms with Gasteiger partial charge in [-0.15, -0.1) is 10.2 Å². The van der Waals surface area contributed by atoms with Crippen molar-refractivity contribution in [2.45, 2.75) is 35.9 Å². The Hall–Kier alpha value is -0.990. The fraction of sp³-hybridized carbons (Fsp3) is 0.357. The zero-order valence-corrected chi connectivity index (χ0v) is 15.0. The Kier molecular flexibility index (Phi) is 4.79. The van der Waals surface area contributed by atoms with E-state index in [9.17, 15) is 9.18 Å². The maximum absolute atomic E-state index is 13.1. The Morgan fingerprint density at radius 1 is 1.50 bits per heavy atom. The summed E-state index contributed by atoms with van der Waals surface area (Å²) >= 11 is 6.31. The van der Waals surface area contributed by atoms with Crippen LogP contribution in [0, 0.1) is 5.82 Å². The van der Waals surface area contributed by atoms with Crippen molar-refractivity contribution < 1.29 is 9.18 Å². The average molecular weight is 402 g/mol. The Bertz CT molecular complexity index is 705. The lowest BCUT2D eigenvalue weighted by Crippen LogP contribution is -2.30. The van der Waals surface area contributed by atoms with Crippen molar-refractivity contribution >= 4 is 50.1 Å². The SMILES string of the molecule is CC(=O)N(c1nnc(SCc2ccc(F)cc2Br)s1)C1CC1. The first-order valence-electron chi connectivity index (χ1n) is 6.74. The highest BCUT2D eigenvalue weighted by molar-refractivity contribution is 9.10. The second-order valence-electron chi connectivity index (χ2n) is 5.00. The number of anilines is 1. The van der Waals surface area contributed by atoms with Crippen LogP contribution in [0.25, 0.3) is 0 Å². The molecule has 1 aromatic heterocycles. The molecule has 0 atom stereocenters. The van der Waals surface area contributed by atoms with Crippen molar-refractivity contribution in [2.75, 3.05) is 4.90 Å². The summed E-state index contributed by atoms with van der Waals surface area (Å²) in [6.45, 7) is 1.56. The van der Waals surface area contributed by atoms with E-state index in [0.29, 0.717) is 10.9 Å². The predicted molar refractivity (Wildman–Crippen MR) is 89.8 cm³/mol. The van der Waals surface area contributed by atoms with E-state index >= 15 is 0 Å². The first-order chi connectivity index (χ1) is 10.5. The molecule has 0 radical (unpaired) electrons. The van der Waals surface area contributed by atoms with Gasteiger partial charge in [-0.25, -0.2) is 4.39 Å². The molecule has 1 aliphatic rings. The highest BCUT2D eigenvalue weighted by Crippen LogP contribution is 2.37. The standard InChI is InChI=1S/C14H13BrFN3OS2/c1-8(20)19(11-4-5-11)13-17-18-14(22-13)21-7-9-2-3-10(16)6-12(9)15/h2-3,6,11H,4-5,7H2,1H3. The molecule has 1 amide bonds. The molecule has 1 aliphatic carbocycles. The molecule has 0 aliphatic heterocycles. The minimum absolute atomic E-state index is 0.0106. The summed E-state index contributed by atoms with van der Waals surface area (Å²) < 4.78 is 14.6. The summed E-state index contributed by atoms with van der Waals surface area (Å²) in [4.78, 5) is 13.4. The molecule has 2 aromatic rings. The van der Waals surface area contributed by atoms with Crippen LogP contribution in [0.3, 0.4) is 0 Å². The van der Waals surface area contributed by atoms with Gasteiger partial charge in [0.15, 0.2) is 4.34 Å². The van der Waals surface area contributed by atoms with Gasteiger partial charge in [-0.05, 0) is 30.5 Å². The molecular weight excluding hydrogens is 389 g/mol. The Balaban J connectivity index is 1.67. The van der Waals surface area contributed by atoms with Crippen molar-refractivity contribution in [3.05, 3.63) is 34.1 Å². The number of amides is 1. The van der Waals surface area contributed by atoms with Crippen molar-refractivity contribution in [1.29, 1.82) is 0 Å². The summed E-state index contributed by atoms with van der Waals surface area (Å²) in [7, 11) is 0. The van der Waals surface area contributed by atoms with E-state index in [-0.39, 0.29) is 17.8 Å². The van der Waals surface area contributed by atoms with Crippen LogP contribution in [-0.2, 0) is 10.5 Å². The van der Waals surface area contributed by atoms with Crippen LogP contribution in [0.2, 0.25) is 0 Å². The molecule has 0 bridgehead atoms. The van der Waals surface area contributed by atoms with Gasteiger partial charge in [0.1, 0.15) is 5.82 Å². The van der Waals surface area contributed by atoms with Gasteiger partial charge in [0.05, 0.1) is 0 Å². The van der Waals surface area contributed by atoms with E-state index in [1.807, 2.05) is 0 Å². The number of thioether (sulfide) groups is 1. The smallest absolute Gasteiger partial charge is 0.225 e. The molecule has 116 valence electrons. The summed E-state index contributed by atoms with van der Waals surface area (Å²) in [6, 6.07) is 4.93. The molecule has 0 unspecified atom stereocenters. The molecule has 8 heteroatoms. The quantitative estimate of drug-likeness (QED) is 0.554. The number of nitrogens with zero attached hydrogens (tertiary/aromatic N) is 3. The molecule has 1 aromatic carbocycles. The number of hydrogen-bond acceptors (Lipinski definition) is 5. The minimum atomic E-state index is -0.264. The topological polar surface area (TPSA) is 46.1 Å². The van der Waals surface area contributed by atoms with Gasteiger partial charge in [0.25, 0.3) is 0 Å². The second-order valence-corrected chi connectivity index (χ2v) is 8.03. The fourth-order valence-corrected chi connectivity index (χ4v) is 4.65. The third-order valence-corrected chi connectivity index (χ3v) is 6.06. The third-order valence-electron chi connectivity index (χ3n) is 3.22. The number of halogens is 2. The molecule has 1 fully saturated rings. The molecule has 1 heterocycles. The molecule has 22 heavy (non-hydrogen) atoms. The Morgan fingerprint density at radius 3 is 2.91 bits per heavy atom. The van der Waals surface area contributed by atoms with Gasteiger partial charge < -0.3 is 0 Å². The third kappa shape index (κ3) is 3.67. The predicted octanol–water partition coefficient (Wildman–Crippen LogP) is 4.25. The minimum Gasteiger partial charge on any atom is -0.284 e. The van der Waals surface area contributed by atoms with Crippen LogP contribution >= 0.6 is 39.0 Å². The van der Waals surface area contributed by atoms with Crippen LogP contribution in [0.4, 0.5) is 9.52 Å². The highest BCUT2D eigenvalue weighted by atomic mass is 79.9. The molecule has 0 saturated heterocycles. The lowest BCUT2D eigenvalue weighted by Gasteiger charge is -2.15. The number of benzene rings is 1. The van der Waals surface area contributed by atoms with E-state index in [1.165, 1.54) is 35.2 Å². The van der Waals surface area contributed by atoms with Gasteiger partial charge in [-0.3, -0.25) is 9.69 Å². The van der Waals surface area contributed by atoms with Crippen LogP contribution < -0.4 is 4.90 Å². The summed E-state index contributed by atoms with van der Waals surface area (Å²) in [5.74, 6) is 0.413. The largest absolute Gasteiger partial charge is 0.284 e. The second kappa shape index (κ2) is 6.64. The van der Waals surface area contributed by atoms with Crippen molar-refractivity contribution in [3.8, 4) is 0 Å². The molecule has 4 nitrogen and oxygen atoms in total. The van der Waals surface area contributed by atoms with Crippen LogP contribution in [0.5, 0.6) is 0 Å². The van der Waals surface area contributed by atoms with Gasteiger partial charge in [-0.1, -0.05) is 45.1 Å². The van der Waals surface area contributed by atoms with Gasteiger partial charge in [-0.2, -0.15) is 0 Å². The Morgan fingerprint density at radius 2 is 2.27 bits per heavy atom. The lowest BCUT2D eigenvalue weighted by molar-refractivity contribution is -0.116. The van der Waals surface area contributed by atoms with Crippen LogP contribution in [0.1, 0.15) is 25.3 Å². The number of carbonyl (C=O) groups excluding carboxylic acids is 1. The van der Waals surface area contributed by atoms with Gasteiger partial charge in [0, 0.05) is 23.2 Å². The van der Waals surface area contributed by atoms with Gasteiger partial charge in [0.2, 0.25) is 11.0 Å². The summed E-state index contributed by atoms with van der Waals surface area (Å²) in [5.41, 5.74) is 0.994. The van der Waals surface area contributed by atoms with Crippen molar-refractivity contribution in [3.63, 3.8) is 0 Å². The summed E-state index contributed by atoms with van der Waals surface area (Å²) in [6.07, 6.45) is 2.06. The monoisotopic (exact) mass is 401 g/mol. The van der Waals surface area contributed by atoms with E-state index in [1.54, 1.807) is 17.9 Å². The molecule has 0 spiro atoms. The maximum Gasteiger partial charge on any atom is 0.225 e. The highest BCUT2D eigenvalue weighted by Gasteiger charge is 2.34. The molecule has 3 rings (SSSR count). The van der Waals surface area contributed by atoms with E-state index in [4.69, 9.17) is 0 Å². The summed E-state index contributed by atoms with van der Waals surface area (Å²) in [5, 5.41) is 8.93. The van der Waals surface area contributed by atoms with Crippen LogP contribution in [-0.4, -0.2) is 22.1 Å². The fourth-order valence-electron chi connectivity index (χ4n) is 2.02. The molecule has 0 N–H and O–H groups in total. The first-order valence-corrected chi connectivity index (χ1v) is 9.34. The maximum atomic E-state index is 13.1. The van der Waals surface area contributed by atoms with Crippen molar-refractivity contribution in [2.24, 2.45) is 0 Å². The number of carbonyl (C=O) groups is 1. The zero-order valence-electron chi connectivity index (χ0n) is 11.8.